The molecule has 5 atom stereocenters. The van der Waals surface area contributed by atoms with E-state index in [1.165, 1.54) is 25.1 Å². The summed E-state index contributed by atoms with van der Waals surface area (Å²) in [5.74, 6) is -8.26. The lowest BCUT2D eigenvalue weighted by Crippen LogP contribution is -2.65. The number of carbonyl (C=O) groups is 3. The normalized spacial score (nSPS) is 27.6. The number of aromatic hydroxyl groups is 1. The minimum Gasteiger partial charge on any atom is -0.508 e. The number of aliphatic hydroxyl groups excluding tert-OH is 2. The van der Waals surface area contributed by atoms with Crippen LogP contribution in [0.3, 0.4) is 0 Å². The third-order valence-corrected chi connectivity index (χ3v) is 9.06. The number of likely N-dealkylation sites (N-methyl/N-ethyl adjacent to an activating group) is 1. The molecule has 0 unspecified atom stereocenters. The SMILES string of the molecule is C[C@@H](N(C)Cc1cc(O)c2c(c1F)C[C@H]1C[C@H]3[C@H](N(C)C)C(=O)C(C(N)=O)=C(O)[C@@]3(O)C(=O)C1=C2O)C(C)(C)C. The standard InChI is InChI=1S/C29H38FN3O7/c1-12(28(2,3)4)33(7)11-14-10-17(34)19-15(21(14)30)8-13-9-16-22(32(5)6)24(36)20(27(31)39)26(38)29(16,40)25(37)18(13)23(19)35/h10,12-13,16,22,34-35,38,40H,8-9,11H2,1-7H3,(H2,31,39)/t12-,13+,16+,22+,29+/m1/s1. The fraction of sp³-hybridized carbons (Fsp3) is 0.552. The van der Waals surface area contributed by atoms with E-state index in [-0.39, 0.29) is 53.1 Å². The molecular formula is C29H38FN3O7. The van der Waals surface area contributed by atoms with Gasteiger partial charge < -0.3 is 26.2 Å². The predicted molar refractivity (Wildman–Crippen MR) is 145 cm³/mol. The molecule has 0 aromatic heterocycles. The quantitative estimate of drug-likeness (QED) is 0.339. The maximum atomic E-state index is 16.0. The maximum Gasteiger partial charge on any atom is 0.255 e. The summed E-state index contributed by atoms with van der Waals surface area (Å²) in [5.41, 5.74) is 1.30. The Balaban J connectivity index is 1.86. The average molecular weight is 560 g/mol. The second kappa shape index (κ2) is 9.67. The van der Waals surface area contributed by atoms with E-state index in [9.17, 15) is 34.8 Å². The lowest BCUT2D eigenvalue weighted by molar-refractivity contribution is -0.153. The summed E-state index contributed by atoms with van der Waals surface area (Å²) < 4.78 is 16.0. The van der Waals surface area contributed by atoms with Gasteiger partial charge in [0.05, 0.1) is 11.6 Å². The molecule has 0 heterocycles. The van der Waals surface area contributed by atoms with Crippen molar-refractivity contribution in [1.29, 1.82) is 0 Å². The van der Waals surface area contributed by atoms with E-state index in [2.05, 4.69) is 20.8 Å². The van der Waals surface area contributed by atoms with Crippen molar-refractivity contribution in [2.45, 2.75) is 64.8 Å². The summed E-state index contributed by atoms with van der Waals surface area (Å²) in [7, 11) is 4.89. The molecule has 0 aliphatic heterocycles. The monoisotopic (exact) mass is 559 g/mol. The molecule has 1 saturated carbocycles. The number of carbonyl (C=O) groups excluding carboxylic acids is 3. The summed E-state index contributed by atoms with van der Waals surface area (Å²) in [4.78, 5) is 42.5. The molecule has 0 saturated heterocycles. The number of Topliss-reactive ketones (excluding diaryl/α,β-unsaturated/α-hetero) is 2. The van der Waals surface area contributed by atoms with Gasteiger partial charge >= 0.3 is 0 Å². The summed E-state index contributed by atoms with van der Waals surface area (Å²) in [6, 6.07) is 0.0809. The molecule has 0 bridgehead atoms. The van der Waals surface area contributed by atoms with Gasteiger partial charge in [0.25, 0.3) is 5.91 Å². The van der Waals surface area contributed by atoms with Crippen LogP contribution in [0.2, 0.25) is 0 Å². The van der Waals surface area contributed by atoms with E-state index in [1.54, 1.807) is 0 Å². The molecule has 3 aliphatic carbocycles. The number of nitrogens with two attached hydrogens (primary N) is 1. The molecule has 0 spiro atoms. The van der Waals surface area contributed by atoms with Gasteiger partial charge in [-0.1, -0.05) is 20.8 Å². The van der Waals surface area contributed by atoms with Gasteiger partial charge in [0.1, 0.15) is 28.7 Å². The minimum atomic E-state index is -2.73. The lowest BCUT2D eigenvalue weighted by atomic mass is 9.57. The molecule has 4 rings (SSSR count). The number of ketones is 2. The Hall–Kier alpha value is -3.28. The number of hydrogen-bond acceptors (Lipinski definition) is 9. The van der Waals surface area contributed by atoms with Gasteiger partial charge in [0.2, 0.25) is 5.78 Å². The van der Waals surface area contributed by atoms with Crippen LogP contribution >= 0.6 is 0 Å². The van der Waals surface area contributed by atoms with Crippen LogP contribution in [-0.2, 0) is 27.3 Å². The van der Waals surface area contributed by atoms with E-state index in [4.69, 9.17) is 5.73 Å². The van der Waals surface area contributed by atoms with Gasteiger partial charge in [-0.3, -0.25) is 24.2 Å². The van der Waals surface area contributed by atoms with Gasteiger partial charge in [-0.25, -0.2) is 4.39 Å². The van der Waals surface area contributed by atoms with E-state index in [1.807, 2.05) is 18.9 Å². The zero-order chi connectivity index (χ0) is 30.2. The third kappa shape index (κ3) is 4.22. The first kappa shape index (κ1) is 29.7. The fourth-order valence-corrected chi connectivity index (χ4v) is 6.53. The van der Waals surface area contributed by atoms with Crippen molar-refractivity contribution >= 4 is 23.2 Å². The first-order valence-corrected chi connectivity index (χ1v) is 13.2. The number of aliphatic hydroxyl groups is 3. The van der Waals surface area contributed by atoms with Crippen molar-refractivity contribution in [3.05, 3.63) is 45.5 Å². The highest BCUT2D eigenvalue weighted by molar-refractivity contribution is 6.24. The van der Waals surface area contributed by atoms with E-state index in [0.29, 0.717) is 0 Å². The Labute approximate surface area is 232 Å². The molecule has 10 nitrogen and oxygen atoms in total. The Morgan fingerprint density at radius 3 is 2.33 bits per heavy atom. The van der Waals surface area contributed by atoms with Crippen molar-refractivity contribution in [1.82, 2.24) is 9.80 Å². The fourth-order valence-electron chi connectivity index (χ4n) is 6.53. The molecule has 6 N–H and O–H groups in total. The first-order chi connectivity index (χ1) is 18.3. The topological polar surface area (TPSA) is 165 Å². The van der Waals surface area contributed by atoms with Gasteiger partial charge in [-0.2, -0.15) is 0 Å². The smallest absolute Gasteiger partial charge is 0.255 e. The molecule has 11 heteroatoms. The number of phenolic OH excluding ortho intramolecular Hbond substituents is 1. The molecule has 218 valence electrons. The highest BCUT2D eigenvalue weighted by Crippen LogP contribution is 2.53. The van der Waals surface area contributed by atoms with Gasteiger partial charge in [0.15, 0.2) is 11.4 Å². The van der Waals surface area contributed by atoms with Crippen LogP contribution in [0, 0.1) is 23.1 Å². The van der Waals surface area contributed by atoms with Crippen LogP contribution in [-0.4, -0.2) is 86.5 Å². The second-order valence-electron chi connectivity index (χ2n) is 12.6. The zero-order valence-corrected chi connectivity index (χ0v) is 23.9. The van der Waals surface area contributed by atoms with Crippen LogP contribution in [0.4, 0.5) is 4.39 Å². The number of halogens is 1. The van der Waals surface area contributed by atoms with Crippen molar-refractivity contribution in [3.8, 4) is 5.75 Å². The minimum absolute atomic E-state index is 0.0254. The van der Waals surface area contributed by atoms with Gasteiger partial charge in [-0.15, -0.1) is 0 Å². The number of rotatable bonds is 5. The van der Waals surface area contributed by atoms with Crippen LogP contribution < -0.4 is 5.73 Å². The largest absolute Gasteiger partial charge is 0.508 e. The highest BCUT2D eigenvalue weighted by Gasteiger charge is 2.64. The van der Waals surface area contributed by atoms with Gasteiger partial charge in [0, 0.05) is 35.2 Å². The molecule has 1 aromatic carbocycles. The Morgan fingerprint density at radius 2 is 1.80 bits per heavy atom. The first-order valence-electron chi connectivity index (χ1n) is 13.2. The zero-order valence-electron chi connectivity index (χ0n) is 23.9. The van der Waals surface area contributed by atoms with Crippen molar-refractivity contribution in [3.63, 3.8) is 0 Å². The summed E-state index contributed by atoms with van der Waals surface area (Å²) in [6.45, 7) is 8.40. The van der Waals surface area contributed by atoms with E-state index < -0.39 is 69.6 Å². The lowest BCUT2D eigenvalue weighted by Gasteiger charge is -2.50. The number of fused-ring (bicyclic) bond motifs is 3. The molecule has 1 aromatic rings. The Bertz CT molecular complexity index is 1380. The number of phenols is 1. The Kier molecular flexibility index (Phi) is 7.18. The van der Waals surface area contributed by atoms with Crippen molar-refractivity contribution in [2.75, 3.05) is 21.1 Å². The van der Waals surface area contributed by atoms with Crippen LogP contribution in [0.5, 0.6) is 5.75 Å². The predicted octanol–water partition coefficient (Wildman–Crippen LogP) is 1.97. The van der Waals surface area contributed by atoms with E-state index >= 15 is 4.39 Å². The van der Waals surface area contributed by atoms with Crippen LogP contribution in [0.1, 0.15) is 50.8 Å². The number of nitrogens with zero attached hydrogens (tertiary/aromatic N) is 2. The number of hydrogen-bond donors (Lipinski definition) is 5. The summed E-state index contributed by atoms with van der Waals surface area (Å²) >= 11 is 0. The number of primary amides is 1. The third-order valence-electron chi connectivity index (χ3n) is 9.06. The molecule has 3 aliphatic rings. The molecule has 1 fully saturated rings. The summed E-state index contributed by atoms with van der Waals surface area (Å²) in [5, 5.41) is 44.7. The average Bonchev–Trinajstić information content (AvgIpc) is 2.82. The van der Waals surface area contributed by atoms with Crippen LogP contribution in [0.15, 0.2) is 23.0 Å². The maximum absolute atomic E-state index is 16.0. The van der Waals surface area contributed by atoms with Gasteiger partial charge in [-0.05, 0) is 58.3 Å². The molecule has 1 amide bonds. The molecule has 40 heavy (non-hydrogen) atoms. The second-order valence-corrected chi connectivity index (χ2v) is 12.6. The molecular weight excluding hydrogens is 521 g/mol. The van der Waals surface area contributed by atoms with Crippen molar-refractivity contribution in [2.24, 2.45) is 23.0 Å². The van der Waals surface area contributed by atoms with Crippen LogP contribution in [0.25, 0.3) is 5.76 Å². The molecule has 0 radical (unpaired) electrons. The van der Waals surface area contributed by atoms with E-state index in [0.717, 1.165) is 0 Å². The summed E-state index contributed by atoms with van der Waals surface area (Å²) in [6.07, 6.45) is -0.197. The highest BCUT2D eigenvalue weighted by atomic mass is 19.1. The van der Waals surface area contributed by atoms with Crippen molar-refractivity contribution < 1.29 is 39.2 Å². The Morgan fingerprint density at radius 1 is 1.20 bits per heavy atom. The number of benzene rings is 1. The number of amides is 1.